The molecule has 0 nitrogen and oxygen atoms in total. The van der Waals surface area contributed by atoms with Crippen molar-refractivity contribution in [3.63, 3.8) is 0 Å². The van der Waals surface area contributed by atoms with Gasteiger partial charge in [0.15, 0.2) is 0 Å². The normalized spacial score (nSPS) is 18.4. The summed E-state index contributed by atoms with van der Waals surface area (Å²) in [4.78, 5) is 0. The smallest absolute Gasteiger partial charge is 0.0836 e. The minimum atomic E-state index is -1.71. The van der Waals surface area contributed by atoms with Crippen LogP contribution < -0.4 is 0 Å². The van der Waals surface area contributed by atoms with Gasteiger partial charge in [-0.05, 0) is 84.5 Å². The van der Waals surface area contributed by atoms with Crippen LogP contribution in [0, 0.1) is 0 Å². The summed E-state index contributed by atoms with van der Waals surface area (Å²) in [5.41, 5.74) is 12.9. The topological polar surface area (TPSA) is 0 Å². The molecule has 0 amide bonds. The summed E-state index contributed by atoms with van der Waals surface area (Å²) >= 11 is 0. The first-order valence-electron chi connectivity index (χ1n) is 18.7. The molecule has 0 aromatic heterocycles. The highest BCUT2D eigenvalue weighted by molar-refractivity contribution is 8.31. The second-order valence-corrected chi connectivity index (χ2v) is 37.9. The van der Waals surface area contributed by atoms with E-state index in [4.69, 9.17) is 0 Å². The maximum atomic E-state index is 2.68. The molecule has 270 valence electrons. The molecule has 0 spiro atoms. The second-order valence-electron chi connectivity index (χ2n) is 23.1. The van der Waals surface area contributed by atoms with E-state index in [1.807, 2.05) is 10.1 Å². The third-order valence-corrected chi connectivity index (χ3v) is 24.0. The van der Waals surface area contributed by atoms with Gasteiger partial charge in [0.05, 0.1) is 7.74 Å². The summed E-state index contributed by atoms with van der Waals surface area (Å²) < 4.78 is 0. The Bertz CT molecular complexity index is 1470. The van der Waals surface area contributed by atoms with Gasteiger partial charge in [-0.15, -0.1) is 7.17 Å². The van der Waals surface area contributed by atoms with Gasteiger partial charge in [-0.2, -0.15) is 0 Å². The zero-order chi connectivity index (χ0) is 37.8. The van der Waals surface area contributed by atoms with Crippen molar-refractivity contribution in [3.05, 3.63) is 68.8 Å². The quantitative estimate of drug-likeness (QED) is 0.220. The Hall–Kier alpha value is -0.873. The van der Waals surface area contributed by atoms with E-state index >= 15 is 0 Å². The Morgan fingerprint density at radius 2 is 0.604 bits per heavy atom. The van der Waals surface area contributed by atoms with Crippen molar-refractivity contribution < 1.29 is 0 Å². The summed E-state index contributed by atoms with van der Waals surface area (Å²) in [6.45, 7) is 59.6. The summed E-state index contributed by atoms with van der Waals surface area (Å²) in [6.07, 6.45) is 0. The van der Waals surface area contributed by atoms with E-state index in [9.17, 15) is 0 Å². The third kappa shape index (κ3) is 8.26. The highest BCUT2D eigenvalue weighted by Gasteiger charge is 2.48. The van der Waals surface area contributed by atoms with Crippen LogP contribution in [0.2, 0.25) is 19.6 Å². The van der Waals surface area contributed by atoms with E-state index in [1.54, 1.807) is 33.4 Å². The fourth-order valence-corrected chi connectivity index (χ4v) is 27.5. The Balaban J connectivity index is 2.90. The molecule has 0 aliphatic carbocycles. The number of hydrogen-bond donors (Lipinski definition) is 0. The van der Waals surface area contributed by atoms with Gasteiger partial charge in [-0.25, -0.2) is 0 Å². The van der Waals surface area contributed by atoms with Crippen LogP contribution in [0.5, 0.6) is 0 Å². The maximum absolute atomic E-state index is 2.68. The lowest BCUT2D eigenvalue weighted by atomic mass is 9.72. The van der Waals surface area contributed by atoms with E-state index in [-0.39, 0.29) is 37.6 Å². The predicted molar refractivity (Wildman–Crippen MR) is 230 cm³/mol. The molecule has 1 aliphatic heterocycles. The largest absolute Gasteiger partial charge is 0.102 e. The first kappa shape index (κ1) is 41.5. The monoisotopic (exact) mass is 707 g/mol. The molecular weight excluding hydrogens is 631 g/mol. The van der Waals surface area contributed by atoms with Crippen molar-refractivity contribution in [1.29, 1.82) is 0 Å². The standard InChI is InChI=1S/C45H76P2Si/c1-39(2,3)29-25-31(41(7,8)9)35(32(26-29)42(10,11)12)37-46(45(19,20)21)38(47(37)48(22,23)24)36-33(43(13,14)15)27-30(40(4,5)6)28-34(36)44(16,17)18/h25-28H,1-24H3. The fraction of sp³-hybridized carbons (Fsp3) is 0.689. The molecule has 2 aromatic rings. The zero-order valence-corrected chi connectivity index (χ0v) is 39.0. The summed E-state index contributed by atoms with van der Waals surface area (Å²) in [5.74, 6) is 0. The van der Waals surface area contributed by atoms with Crippen molar-refractivity contribution in [2.75, 3.05) is 0 Å². The first-order chi connectivity index (χ1) is 20.9. The zero-order valence-electron chi connectivity index (χ0n) is 36.2. The summed E-state index contributed by atoms with van der Waals surface area (Å²) in [5, 5.41) is 3.89. The Morgan fingerprint density at radius 1 is 0.375 bits per heavy atom. The molecule has 1 heterocycles. The van der Waals surface area contributed by atoms with E-state index < -0.39 is 22.4 Å². The van der Waals surface area contributed by atoms with Gasteiger partial charge in [0.1, 0.15) is 0 Å². The minimum Gasteiger partial charge on any atom is -0.102 e. The van der Waals surface area contributed by atoms with Crippen LogP contribution >= 0.6 is 14.6 Å². The third-order valence-electron chi connectivity index (χ3n) is 9.88. The minimum absolute atomic E-state index is 0.0418. The van der Waals surface area contributed by atoms with Crippen molar-refractivity contribution in [1.82, 2.24) is 0 Å². The molecule has 0 fully saturated rings. The van der Waals surface area contributed by atoms with Crippen molar-refractivity contribution >= 4 is 32.4 Å². The Kier molecular flexibility index (Phi) is 10.7. The lowest BCUT2D eigenvalue weighted by Crippen LogP contribution is -2.38. The lowest BCUT2D eigenvalue weighted by molar-refractivity contribution is 0.546. The molecule has 0 bridgehead atoms. The van der Waals surface area contributed by atoms with Crippen LogP contribution in [-0.4, -0.2) is 23.0 Å². The van der Waals surface area contributed by atoms with Gasteiger partial charge < -0.3 is 0 Å². The van der Waals surface area contributed by atoms with E-state index in [1.165, 1.54) is 11.1 Å². The Labute approximate surface area is 302 Å². The van der Waals surface area contributed by atoms with Crippen LogP contribution in [0.3, 0.4) is 0 Å². The van der Waals surface area contributed by atoms with Gasteiger partial charge in [0.2, 0.25) is 0 Å². The summed E-state index contributed by atoms with van der Waals surface area (Å²) in [7, 11) is -2.71. The fourth-order valence-electron chi connectivity index (χ4n) is 7.07. The van der Waals surface area contributed by atoms with Crippen LogP contribution in [0.25, 0.3) is 0 Å². The molecule has 3 rings (SSSR count). The van der Waals surface area contributed by atoms with Crippen LogP contribution in [0.1, 0.15) is 190 Å². The highest BCUT2D eigenvalue weighted by atomic mass is 31.4. The average molecular weight is 707 g/mol. The molecule has 0 radical (unpaired) electrons. The molecule has 2 aromatic carbocycles. The lowest BCUT2D eigenvalue weighted by Gasteiger charge is -2.49. The van der Waals surface area contributed by atoms with Gasteiger partial charge in [0.25, 0.3) is 0 Å². The van der Waals surface area contributed by atoms with Gasteiger partial charge in [-0.1, -0.05) is 189 Å². The molecule has 0 saturated heterocycles. The van der Waals surface area contributed by atoms with Crippen molar-refractivity contribution in [2.24, 2.45) is 0 Å². The average Bonchev–Trinajstić information content (AvgIpc) is 2.77. The van der Waals surface area contributed by atoms with Crippen LogP contribution in [-0.2, 0) is 32.5 Å². The van der Waals surface area contributed by atoms with Crippen LogP contribution in [0.15, 0.2) is 24.3 Å². The van der Waals surface area contributed by atoms with Crippen molar-refractivity contribution in [2.45, 2.75) is 203 Å². The van der Waals surface area contributed by atoms with Gasteiger partial charge in [0, 0.05) is 15.2 Å². The molecule has 0 N–H and O–H groups in total. The molecule has 1 aliphatic rings. The Morgan fingerprint density at radius 3 is 0.750 bits per heavy atom. The number of benzene rings is 2. The van der Waals surface area contributed by atoms with E-state index in [2.05, 4.69) is 189 Å². The molecule has 48 heavy (non-hydrogen) atoms. The second kappa shape index (κ2) is 12.4. The number of rotatable bonds is 3. The molecule has 0 saturated carbocycles. The maximum Gasteiger partial charge on any atom is 0.0836 e. The molecular formula is C45H76P2Si. The highest BCUT2D eigenvalue weighted by Crippen LogP contribution is 2.70. The first-order valence-corrected chi connectivity index (χ1v) is 25.7. The van der Waals surface area contributed by atoms with Gasteiger partial charge >= 0.3 is 0 Å². The van der Waals surface area contributed by atoms with E-state index in [0.29, 0.717) is 0 Å². The molecule has 0 atom stereocenters. The van der Waals surface area contributed by atoms with E-state index in [0.717, 1.165) is 0 Å². The van der Waals surface area contributed by atoms with Crippen LogP contribution in [0.4, 0.5) is 0 Å². The number of hydrogen-bond acceptors (Lipinski definition) is 0. The SMILES string of the molecule is CC(C)(C)c1cc(C(C)(C)C)c(C2=P(C(C)(C)C)=C(c3c(C(C)(C)C)cc(C(C)(C)C)cc3C(C)(C)C)P2[Si](C)(C)C)c(C(C)(C)C)c1. The molecule has 0 unspecified atom stereocenters. The van der Waals surface area contributed by atoms with Crippen molar-refractivity contribution in [3.8, 4) is 0 Å². The molecule has 3 heteroatoms. The van der Waals surface area contributed by atoms with Gasteiger partial charge in [-0.3, -0.25) is 0 Å². The summed E-state index contributed by atoms with van der Waals surface area (Å²) in [6, 6.07) is 10.5. The predicted octanol–water partition coefficient (Wildman–Crippen LogP) is 14.7.